The highest BCUT2D eigenvalue weighted by Crippen LogP contribution is 2.15. The molecule has 0 atom stereocenters. The first-order chi connectivity index (χ1) is 16.1. The Morgan fingerprint density at radius 1 is 1.03 bits per heavy atom. The topological polar surface area (TPSA) is 111 Å². The SMILES string of the molecule is COc1ccc(CC(=O)NCCNC(=O)c2nc(CCn3ccc4ccccc43)no2)cc1. The molecule has 0 spiro atoms. The molecule has 9 heteroatoms. The fourth-order valence-corrected chi connectivity index (χ4v) is 3.45. The van der Waals surface area contributed by atoms with Crippen molar-refractivity contribution in [2.24, 2.45) is 0 Å². The number of hydrogen-bond donors (Lipinski definition) is 2. The van der Waals surface area contributed by atoms with Gasteiger partial charge in [0.25, 0.3) is 0 Å². The largest absolute Gasteiger partial charge is 0.497 e. The summed E-state index contributed by atoms with van der Waals surface area (Å²) < 4.78 is 12.3. The van der Waals surface area contributed by atoms with E-state index in [1.54, 1.807) is 7.11 Å². The predicted molar refractivity (Wildman–Crippen MR) is 122 cm³/mol. The number of rotatable bonds is 10. The Morgan fingerprint density at radius 3 is 2.64 bits per heavy atom. The number of amides is 2. The number of ether oxygens (including phenoxy) is 1. The third-order valence-electron chi connectivity index (χ3n) is 5.18. The van der Waals surface area contributed by atoms with E-state index in [4.69, 9.17) is 9.26 Å². The molecule has 0 saturated carbocycles. The van der Waals surface area contributed by atoms with Gasteiger partial charge < -0.3 is 24.5 Å². The number of nitrogens with zero attached hydrogens (tertiary/aromatic N) is 3. The highest BCUT2D eigenvalue weighted by Gasteiger charge is 2.15. The molecule has 0 bridgehead atoms. The van der Waals surface area contributed by atoms with Crippen LogP contribution < -0.4 is 15.4 Å². The summed E-state index contributed by atoms with van der Waals surface area (Å²) in [4.78, 5) is 28.4. The van der Waals surface area contributed by atoms with E-state index in [9.17, 15) is 9.59 Å². The maximum absolute atomic E-state index is 12.2. The summed E-state index contributed by atoms with van der Waals surface area (Å²) in [5.74, 6) is 0.513. The molecular formula is C24H25N5O4. The van der Waals surface area contributed by atoms with E-state index in [-0.39, 0.29) is 24.8 Å². The lowest BCUT2D eigenvalue weighted by Gasteiger charge is -2.06. The van der Waals surface area contributed by atoms with Gasteiger partial charge in [0.15, 0.2) is 5.82 Å². The molecule has 0 aliphatic carbocycles. The monoisotopic (exact) mass is 447 g/mol. The third kappa shape index (κ3) is 5.76. The van der Waals surface area contributed by atoms with Gasteiger partial charge in [-0.1, -0.05) is 35.5 Å². The van der Waals surface area contributed by atoms with E-state index in [1.807, 2.05) is 42.6 Å². The summed E-state index contributed by atoms with van der Waals surface area (Å²) in [5.41, 5.74) is 2.01. The zero-order chi connectivity index (χ0) is 23.0. The smallest absolute Gasteiger partial charge is 0.315 e. The molecule has 0 aliphatic rings. The van der Waals surface area contributed by atoms with Crippen LogP contribution >= 0.6 is 0 Å². The van der Waals surface area contributed by atoms with Crippen LogP contribution in [-0.4, -0.2) is 46.7 Å². The minimum Gasteiger partial charge on any atom is -0.497 e. The molecule has 0 radical (unpaired) electrons. The number of carbonyl (C=O) groups excluding carboxylic acids is 2. The molecule has 2 aromatic carbocycles. The molecule has 4 rings (SSSR count). The first kappa shape index (κ1) is 22.1. The van der Waals surface area contributed by atoms with Gasteiger partial charge in [0.05, 0.1) is 13.5 Å². The lowest BCUT2D eigenvalue weighted by atomic mass is 10.1. The van der Waals surface area contributed by atoms with Crippen molar-refractivity contribution in [2.75, 3.05) is 20.2 Å². The van der Waals surface area contributed by atoms with Crippen LogP contribution in [0, 0.1) is 0 Å². The fourth-order valence-electron chi connectivity index (χ4n) is 3.45. The highest BCUT2D eigenvalue weighted by molar-refractivity contribution is 5.89. The standard InChI is InChI=1S/C24H25N5O4/c1-32-19-8-6-17(7-9-19)16-22(30)25-12-13-26-23(31)24-27-21(28-33-24)11-15-29-14-10-18-4-2-3-5-20(18)29/h2-10,14H,11-13,15-16H2,1H3,(H,25,30)(H,26,31). The van der Waals surface area contributed by atoms with Crippen LogP contribution in [0.4, 0.5) is 0 Å². The van der Waals surface area contributed by atoms with Crippen LogP contribution in [0.3, 0.4) is 0 Å². The minimum absolute atomic E-state index is 0.0908. The van der Waals surface area contributed by atoms with Gasteiger partial charge in [-0.2, -0.15) is 4.98 Å². The lowest BCUT2D eigenvalue weighted by Crippen LogP contribution is -2.35. The molecule has 0 saturated heterocycles. The fraction of sp³-hybridized carbons (Fsp3) is 0.250. The van der Waals surface area contributed by atoms with Crippen molar-refractivity contribution in [3.8, 4) is 5.75 Å². The summed E-state index contributed by atoms with van der Waals surface area (Å²) >= 11 is 0. The van der Waals surface area contributed by atoms with Crippen molar-refractivity contribution in [3.63, 3.8) is 0 Å². The van der Waals surface area contributed by atoms with E-state index in [0.29, 0.717) is 25.3 Å². The summed E-state index contributed by atoms with van der Waals surface area (Å²) in [6.45, 7) is 1.22. The number of hydrogen-bond acceptors (Lipinski definition) is 6. The second-order valence-corrected chi connectivity index (χ2v) is 7.46. The molecular weight excluding hydrogens is 422 g/mol. The van der Waals surface area contributed by atoms with Crippen LogP contribution in [0.1, 0.15) is 22.1 Å². The van der Waals surface area contributed by atoms with Gasteiger partial charge in [-0.25, -0.2) is 0 Å². The number of fused-ring (bicyclic) bond motifs is 1. The summed E-state index contributed by atoms with van der Waals surface area (Å²) in [6, 6.07) is 17.5. The van der Waals surface area contributed by atoms with E-state index in [1.165, 1.54) is 5.39 Å². The Balaban J connectivity index is 1.18. The van der Waals surface area contributed by atoms with E-state index >= 15 is 0 Å². The molecule has 0 aliphatic heterocycles. The molecule has 4 aromatic rings. The second-order valence-electron chi connectivity index (χ2n) is 7.46. The number of para-hydroxylation sites is 1. The number of aryl methyl sites for hydroxylation is 2. The van der Waals surface area contributed by atoms with Crippen LogP contribution in [0.2, 0.25) is 0 Å². The molecule has 2 amide bonds. The van der Waals surface area contributed by atoms with Crippen molar-refractivity contribution < 1.29 is 18.8 Å². The second kappa shape index (κ2) is 10.4. The number of aromatic nitrogens is 3. The Bertz CT molecular complexity index is 1230. The molecule has 33 heavy (non-hydrogen) atoms. The van der Waals surface area contributed by atoms with Crippen LogP contribution in [0.25, 0.3) is 10.9 Å². The average Bonchev–Trinajstić information content (AvgIpc) is 3.48. The third-order valence-corrected chi connectivity index (χ3v) is 5.18. The van der Waals surface area contributed by atoms with Gasteiger partial charge >= 0.3 is 11.8 Å². The van der Waals surface area contributed by atoms with Gasteiger partial charge in [-0.3, -0.25) is 9.59 Å². The Hall–Kier alpha value is -4.14. The Kier molecular flexibility index (Phi) is 6.99. The zero-order valence-corrected chi connectivity index (χ0v) is 18.3. The minimum atomic E-state index is -0.468. The van der Waals surface area contributed by atoms with Gasteiger partial charge in [-0.15, -0.1) is 0 Å². The first-order valence-electron chi connectivity index (χ1n) is 10.7. The van der Waals surface area contributed by atoms with Crippen molar-refractivity contribution in [3.05, 3.63) is 78.1 Å². The van der Waals surface area contributed by atoms with E-state index in [2.05, 4.69) is 43.5 Å². The van der Waals surface area contributed by atoms with Crippen LogP contribution in [0.5, 0.6) is 5.75 Å². The van der Waals surface area contributed by atoms with Crippen molar-refractivity contribution >= 4 is 22.7 Å². The molecule has 0 unspecified atom stereocenters. The van der Waals surface area contributed by atoms with Crippen molar-refractivity contribution in [1.82, 2.24) is 25.3 Å². The molecule has 170 valence electrons. The number of carbonyl (C=O) groups is 2. The zero-order valence-electron chi connectivity index (χ0n) is 18.3. The van der Waals surface area contributed by atoms with Gasteiger partial charge in [0, 0.05) is 37.8 Å². The summed E-state index contributed by atoms with van der Waals surface area (Å²) in [6.07, 6.45) is 2.81. The van der Waals surface area contributed by atoms with E-state index in [0.717, 1.165) is 16.8 Å². The van der Waals surface area contributed by atoms with Crippen molar-refractivity contribution in [2.45, 2.75) is 19.4 Å². The molecule has 9 nitrogen and oxygen atoms in total. The number of methoxy groups -OCH3 is 1. The molecule has 2 aromatic heterocycles. The Morgan fingerprint density at radius 2 is 1.82 bits per heavy atom. The quantitative estimate of drug-likeness (QED) is 0.361. The van der Waals surface area contributed by atoms with Gasteiger partial charge in [0.2, 0.25) is 5.91 Å². The van der Waals surface area contributed by atoms with Crippen LogP contribution in [0.15, 0.2) is 65.3 Å². The molecule has 2 N–H and O–H groups in total. The maximum Gasteiger partial charge on any atom is 0.315 e. The molecule has 2 heterocycles. The Labute approximate surface area is 190 Å². The normalized spacial score (nSPS) is 10.8. The van der Waals surface area contributed by atoms with Crippen molar-refractivity contribution in [1.29, 1.82) is 0 Å². The average molecular weight is 447 g/mol. The van der Waals surface area contributed by atoms with Gasteiger partial charge in [0.1, 0.15) is 5.75 Å². The highest BCUT2D eigenvalue weighted by atomic mass is 16.5. The van der Waals surface area contributed by atoms with Gasteiger partial charge in [-0.05, 0) is 35.2 Å². The lowest BCUT2D eigenvalue weighted by molar-refractivity contribution is -0.120. The number of nitrogens with one attached hydrogen (secondary N) is 2. The summed E-state index contributed by atoms with van der Waals surface area (Å²) in [7, 11) is 1.59. The van der Waals surface area contributed by atoms with E-state index < -0.39 is 5.91 Å². The number of benzene rings is 2. The first-order valence-corrected chi connectivity index (χ1v) is 10.7. The molecule has 0 fully saturated rings. The predicted octanol–water partition coefficient (Wildman–Crippen LogP) is 2.36. The summed E-state index contributed by atoms with van der Waals surface area (Å²) in [5, 5.41) is 10.5. The van der Waals surface area contributed by atoms with Crippen LogP contribution in [-0.2, 0) is 24.2 Å². The maximum atomic E-state index is 12.2.